The molecule has 0 radical (unpaired) electrons. The summed E-state index contributed by atoms with van der Waals surface area (Å²) in [6.07, 6.45) is 7.61. The van der Waals surface area contributed by atoms with Gasteiger partial charge in [0.25, 0.3) is 0 Å². The van der Waals surface area contributed by atoms with Gasteiger partial charge in [0.2, 0.25) is 46.2 Å². The van der Waals surface area contributed by atoms with E-state index in [1.807, 2.05) is 44.4 Å². The van der Waals surface area contributed by atoms with Crippen molar-refractivity contribution < 1.29 is 65.7 Å². The number of aromatic nitrogens is 3. The van der Waals surface area contributed by atoms with Gasteiger partial charge in [-0.25, -0.2) is 33.0 Å². The molecule has 1 atom stereocenters. The predicted octanol–water partition coefficient (Wildman–Crippen LogP) is 4.97. The molecule has 1 unspecified atom stereocenters. The number of benzene rings is 2. The Morgan fingerprint density at radius 2 is 1.69 bits per heavy atom. The normalized spacial score (nSPS) is 14.9. The van der Waals surface area contributed by atoms with Crippen LogP contribution in [0, 0.1) is 11.8 Å². The minimum Gasteiger partial charge on any atom is -0.458 e. The molecule has 4 N–H and O–H groups in total. The Labute approximate surface area is 487 Å². The van der Waals surface area contributed by atoms with Crippen molar-refractivity contribution in [2.45, 2.75) is 116 Å². The Kier molecular flexibility index (Phi) is 22.9. The van der Waals surface area contributed by atoms with Crippen LogP contribution in [-0.2, 0) is 82.0 Å². The van der Waals surface area contributed by atoms with Crippen LogP contribution in [0.2, 0.25) is 0 Å². The molecule has 0 saturated carbocycles. The van der Waals surface area contributed by atoms with Gasteiger partial charge in [0, 0.05) is 66.6 Å². The van der Waals surface area contributed by atoms with Gasteiger partial charge < -0.3 is 49.9 Å². The number of nitrogens with zero attached hydrogens (tertiary/aromatic N) is 5. The third kappa shape index (κ3) is 19.4. The molecule has 5 amide bonds. The number of anilines is 1. The highest BCUT2D eigenvalue weighted by Gasteiger charge is 2.37. The number of carbonyl (C=O) groups is 7. The van der Waals surface area contributed by atoms with Gasteiger partial charge in [0.05, 0.1) is 59.6 Å². The summed E-state index contributed by atoms with van der Waals surface area (Å²) in [6, 6.07) is 13.4. The minimum absolute atomic E-state index is 0.104. The third-order valence-electron chi connectivity index (χ3n) is 12.9. The van der Waals surface area contributed by atoms with E-state index >= 15 is 0 Å². The molecular formula is C58H71N9O14S2. The zero-order valence-corrected chi connectivity index (χ0v) is 49.7. The van der Waals surface area contributed by atoms with Crippen molar-refractivity contribution in [1.29, 1.82) is 0 Å². The molecule has 25 heteroatoms. The standard InChI is InChI=1S/C58H71N9O14S2/c1-37(2)67(83(9,75)76)24-23-42-43-16-13-14-17-46(43)64-52-45(42)29-66(36-68)47(52)25-44-38(3)30-78-54(73)53(44)81-56(74)79-31-39-19-21-41(22-20-39)63-49(70)28-59-50(71)32-77-33-51(72)65-57(4,5)35-80-58(6,7)34-62-48(69)18-12-10-11-15-40-26-60-55(82-8)61-27-40/h13-14,16-17,19-22,25-27,36-37,53H,10,12,18,23-24,28-35H2,1-9H3,(H,59,71)(H,62,69)(H,63,70)(H,65,72)/b47-25-. The number of cyclic esters (lactones) is 1. The molecule has 2 aromatic carbocycles. The number of carbonyl (C=O) groups excluding carboxylic acids is 7. The summed E-state index contributed by atoms with van der Waals surface area (Å²) >= 11 is 1.45. The second-order valence-electron chi connectivity index (χ2n) is 21.2. The molecule has 83 heavy (non-hydrogen) atoms. The van der Waals surface area contributed by atoms with E-state index in [1.54, 1.807) is 77.4 Å². The van der Waals surface area contributed by atoms with Gasteiger partial charge >= 0.3 is 12.1 Å². The molecule has 0 spiro atoms. The molecule has 0 aliphatic carbocycles. The summed E-state index contributed by atoms with van der Waals surface area (Å²) in [4.78, 5) is 104. The number of fused-ring (bicyclic) bond motifs is 2. The van der Waals surface area contributed by atoms with Gasteiger partial charge in [-0.3, -0.25) is 24.0 Å². The van der Waals surface area contributed by atoms with Crippen LogP contribution < -0.4 is 21.3 Å². The number of hydrogen-bond donors (Lipinski definition) is 4. The van der Waals surface area contributed by atoms with Crippen molar-refractivity contribution in [3.05, 3.63) is 106 Å². The van der Waals surface area contributed by atoms with Crippen LogP contribution in [0.5, 0.6) is 0 Å². The average Bonchev–Trinajstić information content (AvgIpc) is 2.81. The number of nitrogens with one attached hydrogen (secondary N) is 4. The van der Waals surface area contributed by atoms with Crippen molar-refractivity contribution in [3.63, 3.8) is 0 Å². The highest BCUT2D eigenvalue weighted by molar-refractivity contribution is 7.98. The summed E-state index contributed by atoms with van der Waals surface area (Å²) < 4.78 is 54.3. The smallest absolute Gasteiger partial charge is 0.458 e. The fraction of sp³-hybridized carbons (Fsp3) is 0.448. The van der Waals surface area contributed by atoms with Crippen molar-refractivity contribution in [3.8, 4) is 11.8 Å². The molecule has 0 bridgehead atoms. The minimum atomic E-state index is -3.53. The first-order valence-corrected chi connectivity index (χ1v) is 29.7. The monoisotopic (exact) mass is 1180 g/mol. The van der Waals surface area contributed by atoms with Gasteiger partial charge in [0.15, 0.2) is 5.16 Å². The maximum atomic E-state index is 13.2. The Balaban J connectivity index is 0.905. The molecule has 2 aliphatic heterocycles. The van der Waals surface area contributed by atoms with Gasteiger partial charge in [-0.15, -0.1) is 0 Å². The van der Waals surface area contributed by atoms with E-state index in [9.17, 15) is 42.0 Å². The van der Waals surface area contributed by atoms with Crippen LogP contribution in [0.25, 0.3) is 16.6 Å². The van der Waals surface area contributed by atoms with E-state index in [2.05, 4.69) is 43.1 Å². The van der Waals surface area contributed by atoms with Crippen molar-refractivity contribution in [2.24, 2.45) is 0 Å². The van der Waals surface area contributed by atoms with Crippen LogP contribution in [0.1, 0.15) is 95.7 Å². The fourth-order valence-electron chi connectivity index (χ4n) is 8.69. The van der Waals surface area contributed by atoms with Crippen molar-refractivity contribution in [2.75, 3.05) is 63.9 Å². The van der Waals surface area contributed by atoms with E-state index in [4.69, 9.17) is 28.7 Å². The van der Waals surface area contributed by atoms with Crippen LogP contribution in [-0.4, -0.2) is 157 Å². The molecule has 4 aromatic rings. The molecule has 0 fully saturated rings. The summed E-state index contributed by atoms with van der Waals surface area (Å²) in [7, 11) is -3.53. The lowest BCUT2D eigenvalue weighted by molar-refractivity contribution is -0.153. The lowest BCUT2D eigenvalue weighted by atomic mass is 9.96. The number of sulfonamides is 1. The zero-order valence-electron chi connectivity index (χ0n) is 48.0. The number of hydrogen-bond acceptors (Lipinski definition) is 18. The lowest BCUT2D eigenvalue weighted by Gasteiger charge is -2.32. The van der Waals surface area contributed by atoms with Crippen LogP contribution in [0.4, 0.5) is 10.5 Å². The number of thioether (sulfide) groups is 1. The summed E-state index contributed by atoms with van der Waals surface area (Å²) in [5.41, 5.74) is 3.76. The Morgan fingerprint density at radius 3 is 2.37 bits per heavy atom. The number of esters is 1. The molecular weight excluding hydrogens is 1110 g/mol. The zero-order chi connectivity index (χ0) is 60.5. The van der Waals surface area contributed by atoms with Gasteiger partial charge in [-0.1, -0.05) is 53.9 Å². The average molecular weight is 1180 g/mol. The summed E-state index contributed by atoms with van der Waals surface area (Å²) in [6.45, 7) is 11.4. The van der Waals surface area contributed by atoms with E-state index < -0.39 is 76.9 Å². The molecule has 23 nitrogen and oxygen atoms in total. The highest BCUT2D eigenvalue weighted by Crippen LogP contribution is 2.38. The largest absolute Gasteiger partial charge is 0.509 e. The summed E-state index contributed by atoms with van der Waals surface area (Å²) in [5.74, 6) is 3.34. The van der Waals surface area contributed by atoms with Gasteiger partial charge in [0.1, 0.15) is 26.4 Å². The number of amides is 5. The highest BCUT2D eigenvalue weighted by atomic mass is 32.2. The molecule has 0 saturated heterocycles. The predicted molar refractivity (Wildman–Crippen MR) is 309 cm³/mol. The first kappa shape index (κ1) is 64.4. The topological polar surface area (TPSA) is 293 Å². The molecule has 444 valence electrons. The van der Waals surface area contributed by atoms with E-state index in [0.717, 1.165) is 10.9 Å². The van der Waals surface area contributed by atoms with Gasteiger partial charge in [-0.05, 0) is 109 Å². The Bertz CT molecular complexity index is 3280. The molecule has 2 aromatic heterocycles. The number of ether oxygens (including phenoxy) is 5. The van der Waals surface area contributed by atoms with Crippen LogP contribution in [0.15, 0.2) is 83.3 Å². The first-order chi connectivity index (χ1) is 39.3. The molecule has 4 heterocycles. The lowest BCUT2D eigenvalue weighted by Crippen LogP contribution is -2.51. The Hall–Kier alpha value is -7.76. The van der Waals surface area contributed by atoms with Crippen LogP contribution in [0.3, 0.4) is 0 Å². The first-order valence-electron chi connectivity index (χ1n) is 26.7. The molecule has 2 aliphatic rings. The number of rotatable bonds is 27. The SMILES string of the molecule is CSc1ncc(C#CCCCC(=O)NCC(C)(C)OCC(C)(C)NC(=O)COCC(=O)NCC(=O)Nc2ccc(COC(=O)OC3C(=O)OCC(C)=C3/C=C3/c4nc5ccccc5c(CCN(C(C)C)S(C)(=O)=O)c4CN3C=O)cc2)cn1. The Morgan fingerprint density at radius 1 is 0.976 bits per heavy atom. The van der Waals surface area contributed by atoms with Crippen molar-refractivity contribution in [1.82, 2.24) is 40.1 Å². The van der Waals surface area contributed by atoms with E-state index in [-0.39, 0.29) is 57.0 Å². The quantitative estimate of drug-likeness (QED) is 0.0153. The van der Waals surface area contributed by atoms with Crippen LogP contribution >= 0.6 is 11.8 Å². The molecule has 6 rings (SSSR count). The van der Waals surface area contributed by atoms with E-state index in [0.29, 0.717) is 82.1 Å². The third-order valence-corrected chi connectivity index (χ3v) is 14.9. The second-order valence-corrected chi connectivity index (χ2v) is 23.9. The second kappa shape index (κ2) is 29.5. The van der Waals surface area contributed by atoms with Crippen molar-refractivity contribution >= 4 is 86.2 Å². The fourth-order valence-corrected chi connectivity index (χ4v) is 10.2. The maximum Gasteiger partial charge on any atom is 0.509 e. The number of para-hydroxylation sites is 1. The number of unbranched alkanes of at least 4 members (excludes halogenated alkanes) is 1. The maximum absolute atomic E-state index is 13.2. The number of pyridine rings is 1. The van der Waals surface area contributed by atoms with Gasteiger partial charge in [-0.2, -0.15) is 4.31 Å². The van der Waals surface area contributed by atoms with E-state index in [1.165, 1.54) is 27.2 Å². The summed E-state index contributed by atoms with van der Waals surface area (Å²) in [5, 5.41) is 12.2.